The lowest BCUT2D eigenvalue weighted by Crippen LogP contribution is -2.47. The number of thiazole rings is 1. The van der Waals surface area contributed by atoms with Crippen molar-refractivity contribution in [2.24, 2.45) is 5.92 Å². The highest BCUT2D eigenvalue weighted by molar-refractivity contribution is 7.16. The molecular formula is C18H22N2O2S. The van der Waals surface area contributed by atoms with Gasteiger partial charge < -0.3 is 10.1 Å². The Hall–Kier alpha value is -1.62. The van der Waals surface area contributed by atoms with Gasteiger partial charge in [0.2, 0.25) is 5.91 Å². The Morgan fingerprint density at radius 2 is 2.04 bits per heavy atom. The molecule has 2 aliphatic rings. The van der Waals surface area contributed by atoms with Crippen molar-refractivity contribution < 1.29 is 9.53 Å². The number of fused-ring (bicyclic) bond motifs is 1. The fraction of sp³-hybridized carbons (Fsp3) is 0.556. The summed E-state index contributed by atoms with van der Waals surface area (Å²) in [6.45, 7) is 0. The highest BCUT2D eigenvalue weighted by Gasteiger charge is 2.37. The van der Waals surface area contributed by atoms with Gasteiger partial charge in [-0.1, -0.05) is 25.3 Å². The highest BCUT2D eigenvalue weighted by atomic mass is 32.1. The van der Waals surface area contributed by atoms with Crippen LogP contribution >= 0.6 is 11.3 Å². The molecule has 0 saturated heterocycles. The number of carbonyl (C=O) groups excluding carboxylic acids is 1. The summed E-state index contributed by atoms with van der Waals surface area (Å²) in [4.78, 5) is 16.7. The zero-order chi connectivity index (χ0) is 15.6. The SMILES string of the molecule is O=C(NC1CCCCC1)C1CC(Oc2cccc3scnc23)C1. The first kappa shape index (κ1) is 14.9. The highest BCUT2D eigenvalue weighted by Crippen LogP contribution is 2.35. The largest absolute Gasteiger partial charge is 0.488 e. The molecule has 1 aromatic carbocycles. The first-order valence-corrected chi connectivity index (χ1v) is 9.47. The molecule has 1 amide bonds. The molecule has 1 N–H and O–H groups in total. The van der Waals surface area contributed by atoms with Gasteiger partial charge in [0, 0.05) is 12.0 Å². The van der Waals surface area contributed by atoms with E-state index >= 15 is 0 Å². The molecule has 2 aliphatic carbocycles. The van der Waals surface area contributed by atoms with Crippen LogP contribution < -0.4 is 10.1 Å². The van der Waals surface area contributed by atoms with Crippen LogP contribution in [-0.2, 0) is 4.79 Å². The lowest BCUT2D eigenvalue weighted by Gasteiger charge is -2.35. The number of carbonyl (C=O) groups is 1. The van der Waals surface area contributed by atoms with Gasteiger partial charge in [0.15, 0.2) is 0 Å². The molecule has 1 heterocycles. The number of aromatic nitrogens is 1. The predicted octanol–water partition coefficient (Wildman–Crippen LogP) is 3.90. The number of nitrogens with zero attached hydrogens (tertiary/aromatic N) is 1. The number of hydrogen-bond donors (Lipinski definition) is 1. The number of hydrogen-bond acceptors (Lipinski definition) is 4. The second kappa shape index (κ2) is 6.48. The molecule has 2 fully saturated rings. The van der Waals surface area contributed by atoms with E-state index in [4.69, 9.17) is 4.74 Å². The maximum Gasteiger partial charge on any atom is 0.223 e. The first-order chi connectivity index (χ1) is 11.3. The van der Waals surface area contributed by atoms with E-state index in [1.807, 2.05) is 17.6 Å². The van der Waals surface area contributed by atoms with Crippen LogP contribution in [0.15, 0.2) is 23.7 Å². The molecule has 5 heteroatoms. The van der Waals surface area contributed by atoms with Crippen molar-refractivity contribution in [2.45, 2.75) is 57.1 Å². The van der Waals surface area contributed by atoms with Gasteiger partial charge in [-0.15, -0.1) is 11.3 Å². The van der Waals surface area contributed by atoms with Crippen LogP contribution in [0.4, 0.5) is 0 Å². The lowest BCUT2D eigenvalue weighted by atomic mass is 9.81. The average Bonchev–Trinajstić information content (AvgIpc) is 3.00. The number of ether oxygens (including phenoxy) is 1. The summed E-state index contributed by atoms with van der Waals surface area (Å²) in [5, 5.41) is 3.23. The summed E-state index contributed by atoms with van der Waals surface area (Å²) in [6.07, 6.45) is 7.88. The molecular weight excluding hydrogens is 308 g/mol. The van der Waals surface area contributed by atoms with Gasteiger partial charge >= 0.3 is 0 Å². The number of nitrogens with one attached hydrogen (secondary N) is 1. The van der Waals surface area contributed by atoms with Crippen LogP contribution in [-0.4, -0.2) is 23.0 Å². The molecule has 0 spiro atoms. The molecule has 0 atom stereocenters. The van der Waals surface area contributed by atoms with E-state index < -0.39 is 0 Å². The van der Waals surface area contributed by atoms with E-state index in [9.17, 15) is 4.79 Å². The Morgan fingerprint density at radius 3 is 2.87 bits per heavy atom. The van der Waals surface area contributed by atoms with Crippen LogP contribution in [0.2, 0.25) is 0 Å². The fourth-order valence-corrected chi connectivity index (χ4v) is 4.27. The number of para-hydroxylation sites is 1. The topological polar surface area (TPSA) is 51.2 Å². The van der Waals surface area contributed by atoms with Crippen molar-refractivity contribution >= 4 is 27.5 Å². The first-order valence-electron chi connectivity index (χ1n) is 8.59. The molecule has 0 radical (unpaired) electrons. The zero-order valence-electron chi connectivity index (χ0n) is 13.2. The molecule has 0 aliphatic heterocycles. The molecule has 0 bridgehead atoms. The molecule has 1 aromatic heterocycles. The van der Waals surface area contributed by atoms with Crippen LogP contribution in [0.25, 0.3) is 10.2 Å². The van der Waals surface area contributed by atoms with Gasteiger partial charge in [-0.05, 0) is 37.8 Å². The number of rotatable bonds is 4. The summed E-state index contributed by atoms with van der Waals surface area (Å²) < 4.78 is 7.20. The minimum Gasteiger partial charge on any atom is -0.488 e. The number of benzene rings is 1. The van der Waals surface area contributed by atoms with E-state index in [2.05, 4.69) is 16.4 Å². The van der Waals surface area contributed by atoms with E-state index in [0.29, 0.717) is 6.04 Å². The van der Waals surface area contributed by atoms with Gasteiger partial charge in [-0.2, -0.15) is 0 Å². The van der Waals surface area contributed by atoms with Crippen molar-refractivity contribution in [3.05, 3.63) is 23.7 Å². The molecule has 0 unspecified atom stereocenters. The number of amides is 1. The monoisotopic (exact) mass is 330 g/mol. The van der Waals surface area contributed by atoms with Crippen molar-refractivity contribution in [3.8, 4) is 5.75 Å². The predicted molar refractivity (Wildman–Crippen MR) is 91.8 cm³/mol. The average molecular weight is 330 g/mol. The van der Waals surface area contributed by atoms with E-state index in [-0.39, 0.29) is 17.9 Å². The van der Waals surface area contributed by atoms with Crippen LogP contribution in [0.5, 0.6) is 5.75 Å². The molecule has 2 saturated carbocycles. The summed E-state index contributed by atoms with van der Waals surface area (Å²) in [5.41, 5.74) is 2.78. The lowest BCUT2D eigenvalue weighted by molar-refractivity contribution is -0.131. The minimum absolute atomic E-state index is 0.122. The maximum absolute atomic E-state index is 12.3. The Kier molecular flexibility index (Phi) is 4.21. The minimum atomic E-state index is 0.122. The summed E-state index contributed by atoms with van der Waals surface area (Å²) in [7, 11) is 0. The normalized spacial score (nSPS) is 25.0. The maximum atomic E-state index is 12.3. The summed E-state index contributed by atoms with van der Waals surface area (Å²) >= 11 is 1.62. The third kappa shape index (κ3) is 3.20. The van der Waals surface area contributed by atoms with E-state index in [0.717, 1.165) is 41.6 Å². The van der Waals surface area contributed by atoms with E-state index in [1.54, 1.807) is 11.3 Å². The van der Waals surface area contributed by atoms with Gasteiger partial charge in [0.25, 0.3) is 0 Å². The summed E-state index contributed by atoms with van der Waals surface area (Å²) in [5.74, 6) is 1.19. The third-order valence-corrected chi connectivity index (χ3v) is 5.83. The van der Waals surface area contributed by atoms with E-state index in [1.165, 1.54) is 19.3 Å². The second-order valence-corrected chi connectivity index (χ2v) is 7.59. The van der Waals surface area contributed by atoms with Crippen molar-refractivity contribution in [1.82, 2.24) is 10.3 Å². The molecule has 2 aromatic rings. The van der Waals surface area contributed by atoms with Gasteiger partial charge in [-0.3, -0.25) is 4.79 Å². The second-order valence-electron chi connectivity index (χ2n) is 6.71. The van der Waals surface area contributed by atoms with Gasteiger partial charge in [0.1, 0.15) is 17.4 Å². The zero-order valence-corrected chi connectivity index (χ0v) is 14.0. The van der Waals surface area contributed by atoms with Crippen molar-refractivity contribution in [3.63, 3.8) is 0 Å². The Bertz CT molecular complexity index is 687. The molecule has 4 nitrogen and oxygen atoms in total. The Labute approximate surface area is 140 Å². The van der Waals surface area contributed by atoms with Crippen LogP contribution in [0, 0.1) is 5.92 Å². The van der Waals surface area contributed by atoms with Crippen molar-refractivity contribution in [2.75, 3.05) is 0 Å². The van der Waals surface area contributed by atoms with Crippen molar-refractivity contribution in [1.29, 1.82) is 0 Å². The third-order valence-electron chi connectivity index (χ3n) is 5.03. The molecule has 23 heavy (non-hydrogen) atoms. The standard InChI is InChI=1S/C18H22N2O2S/c21-18(20-13-5-2-1-3-6-13)12-9-14(10-12)22-15-7-4-8-16-17(15)19-11-23-16/h4,7-8,11-14H,1-3,5-6,9-10H2,(H,20,21). The van der Waals surface area contributed by atoms with Crippen LogP contribution in [0.1, 0.15) is 44.9 Å². The Balaban J connectivity index is 1.29. The van der Waals surface area contributed by atoms with Gasteiger partial charge in [0.05, 0.1) is 10.2 Å². The van der Waals surface area contributed by atoms with Crippen LogP contribution in [0.3, 0.4) is 0 Å². The smallest absolute Gasteiger partial charge is 0.223 e. The summed E-state index contributed by atoms with van der Waals surface area (Å²) in [6, 6.07) is 6.43. The Morgan fingerprint density at radius 1 is 1.22 bits per heavy atom. The fourth-order valence-electron chi connectivity index (χ4n) is 3.58. The molecule has 4 rings (SSSR count). The quantitative estimate of drug-likeness (QED) is 0.925. The van der Waals surface area contributed by atoms with Gasteiger partial charge in [-0.25, -0.2) is 4.98 Å². The molecule has 122 valence electrons.